The van der Waals surface area contributed by atoms with Crippen LogP contribution in [0, 0.1) is 11.6 Å². The molecule has 2 nitrogen and oxygen atoms in total. The molecule has 0 bridgehead atoms. The zero-order valence-electron chi connectivity index (χ0n) is 13.9. The van der Waals surface area contributed by atoms with Crippen LogP contribution in [-0.2, 0) is 0 Å². The summed E-state index contributed by atoms with van der Waals surface area (Å²) in [5, 5.41) is 0. The molecule has 0 spiro atoms. The van der Waals surface area contributed by atoms with Crippen molar-refractivity contribution in [2.24, 2.45) is 0 Å². The van der Waals surface area contributed by atoms with Crippen molar-refractivity contribution in [3.05, 3.63) is 109 Å². The third-order valence-corrected chi connectivity index (χ3v) is 4.24. The van der Waals surface area contributed by atoms with E-state index in [0.29, 0.717) is 0 Å². The number of hydrogen-bond acceptors (Lipinski definition) is 0. The van der Waals surface area contributed by atoms with Gasteiger partial charge in [0.25, 0.3) is 0 Å². The molecule has 126 valence electrons. The standard InChI is InChI=1S/C22H16F2N2/c23-19-1-5-21(6-2-19)25-13-9-17(10-14-25)18-11-15-26(16-12-18)22-7-3-20(24)4-8-22/h1-16H/q+2. The summed E-state index contributed by atoms with van der Waals surface area (Å²) in [5.74, 6) is -0.491. The lowest BCUT2D eigenvalue weighted by molar-refractivity contribution is -0.596. The number of rotatable bonds is 3. The van der Waals surface area contributed by atoms with Crippen LogP contribution in [0.5, 0.6) is 0 Å². The average Bonchev–Trinajstić information content (AvgIpc) is 2.70. The summed E-state index contributed by atoms with van der Waals surface area (Å²) in [5.41, 5.74) is 3.96. The lowest BCUT2D eigenvalue weighted by Gasteiger charge is -2.01. The summed E-state index contributed by atoms with van der Waals surface area (Å²) in [6.07, 6.45) is 7.79. The van der Waals surface area contributed by atoms with Crippen LogP contribution in [0.1, 0.15) is 0 Å². The smallest absolute Gasteiger partial charge is 0.207 e. The van der Waals surface area contributed by atoms with E-state index in [1.165, 1.54) is 24.3 Å². The van der Waals surface area contributed by atoms with Gasteiger partial charge < -0.3 is 0 Å². The van der Waals surface area contributed by atoms with Gasteiger partial charge in [-0.2, -0.15) is 9.13 Å². The highest BCUT2D eigenvalue weighted by Gasteiger charge is 2.09. The molecular weight excluding hydrogens is 330 g/mol. The topological polar surface area (TPSA) is 7.76 Å². The Balaban J connectivity index is 1.57. The summed E-state index contributed by atoms with van der Waals surface area (Å²) < 4.78 is 29.9. The maximum absolute atomic E-state index is 13.0. The molecule has 0 radical (unpaired) electrons. The Morgan fingerprint density at radius 3 is 1.04 bits per heavy atom. The van der Waals surface area contributed by atoms with Crippen LogP contribution in [0.4, 0.5) is 8.78 Å². The van der Waals surface area contributed by atoms with E-state index in [0.717, 1.165) is 22.5 Å². The van der Waals surface area contributed by atoms with Crippen molar-refractivity contribution >= 4 is 0 Å². The minimum Gasteiger partial charge on any atom is -0.207 e. The highest BCUT2D eigenvalue weighted by atomic mass is 19.1. The summed E-state index contributed by atoms with van der Waals surface area (Å²) in [6.45, 7) is 0. The van der Waals surface area contributed by atoms with Gasteiger partial charge in [-0.15, -0.1) is 0 Å². The molecule has 0 saturated heterocycles. The Morgan fingerprint density at radius 2 is 0.731 bits per heavy atom. The molecule has 0 fully saturated rings. The molecule has 4 aromatic rings. The first kappa shape index (κ1) is 16.1. The molecule has 0 amide bonds. The van der Waals surface area contributed by atoms with E-state index in [1.807, 2.05) is 58.2 Å². The van der Waals surface area contributed by atoms with Gasteiger partial charge in [0.2, 0.25) is 11.4 Å². The number of aromatic nitrogens is 2. The van der Waals surface area contributed by atoms with Crippen LogP contribution in [-0.4, -0.2) is 0 Å². The second kappa shape index (κ2) is 6.84. The van der Waals surface area contributed by atoms with Crippen molar-refractivity contribution in [3.8, 4) is 22.5 Å². The molecule has 0 atom stereocenters. The predicted molar refractivity (Wildman–Crippen MR) is 94.9 cm³/mol. The summed E-state index contributed by atoms with van der Waals surface area (Å²) >= 11 is 0. The molecule has 4 heteroatoms. The fourth-order valence-corrected chi connectivity index (χ4v) is 2.81. The van der Waals surface area contributed by atoms with Crippen LogP contribution >= 0.6 is 0 Å². The molecule has 0 N–H and O–H groups in total. The normalized spacial score (nSPS) is 10.7. The zero-order chi connectivity index (χ0) is 17.9. The Morgan fingerprint density at radius 1 is 0.423 bits per heavy atom. The van der Waals surface area contributed by atoms with Crippen LogP contribution < -0.4 is 9.13 Å². The lowest BCUT2D eigenvalue weighted by atomic mass is 10.1. The number of hydrogen-bond donors (Lipinski definition) is 0. The van der Waals surface area contributed by atoms with Crippen molar-refractivity contribution in [2.45, 2.75) is 0 Å². The van der Waals surface area contributed by atoms with Gasteiger partial charge in [-0.3, -0.25) is 0 Å². The average molecular weight is 346 g/mol. The van der Waals surface area contributed by atoms with Gasteiger partial charge in [0.1, 0.15) is 11.6 Å². The predicted octanol–water partition coefficient (Wildman–Crippen LogP) is 4.19. The minimum atomic E-state index is -0.246. The number of benzene rings is 2. The molecule has 26 heavy (non-hydrogen) atoms. The first-order valence-corrected chi connectivity index (χ1v) is 8.24. The maximum Gasteiger partial charge on any atom is 0.210 e. The van der Waals surface area contributed by atoms with E-state index in [4.69, 9.17) is 0 Å². The van der Waals surface area contributed by atoms with Crippen LogP contribution in [0.2, 0.25) is 0 Å². The van der Waals surface area contributed by atoms with Crippen LogP contribution in [0.15, 0.2) is 97.6 Å². The third-order valence-electron chi connectivity index (χ3n) is 4.24. The quantitative estimate of drug-likeness (QED) is 0.492. The Kier molecular flexibility index (Phi) is 4.23. The lowest BCUT2D eigenvalue weighted by Crippen LogP contribution is -2.29. The molecule has 2 aromatic heterocycles. The number of nitrogens with zero attached hydrogens (tertiary/aromatic N) is 2. The molecule has 0 aliphatic heterocycles. The largest absolute Gasteiger partial charge is 0.210 e. The fourth-order valence-electron chi connectivity index (χ4n) is 2.81. The molecule has 0 unspecified atom stereocenters. The van der Waals surface area contributed by atoms with Gasteiger partial charge in [-0.1, -0.05) is 0 Å². The highest BCUT2D eigenvalue weighted by Crippen LogP contribution is 2.16. The first-order chi connectivity index (χ1) is 12.7. The maximum atomic E-state index is 13.0. The highest BCUT2D eigenvalue weighted by molar-refractivity contribution is 5.61. The second-order valence-electron chi connectivity index (χ2n) is 5.94. The summed E-state index contributed by atoms with van der Waals surface area (Å²) in [6, 6.07) is 20.8. The number of pyridine rings is 2. The Hall–Kier alpha value is -3.40. The first-order valence-electron chi connectivity index (χ1n) is 8.24. The van der Waals surface area contributed by atoms with Crippen LogP contribution in [0.3, 0.4) is 0 Å². The van der Waals surface area contributed by atoms with Gasteiger partial charge in [-0.25, -0.2) is 8.78 Å². The van der Waals surface area contributed by atoms with Gasteiger partial charge in [0.05, 0.1) is 0 Å². The van der Waals surface area contributed by atoms with Gasteiger partial charge in [0.15, 0.2) is 24.8 Å². The third kappa shape index (κ3) is 3.35. The second-order valence-corrected chi connectivity index (χ2v) is 5.94. The van der Waals surface area contributed by atoms with E-state index >= 15 is 0 Å². The Bertz CT molecular complexity index is 921. The monoisotopic (exact) mass is 346 g/mol. The SMILES string of the molecule is Fc1ccc(-[n+]2ccc(-c3cc[n+](-c4ccc(F)cc4)cc3)cc2)cc1. The van der Waals surface area contributed by atoms with Gasteiger partial charge >= 0.3 is 0 Å². The van der Waals surface area contributed by atoms with E-state index in [2.05, 4.69) is 0 Å². The van der Waals surface area contributed by atoms with Gasteiger partial charge in [-0.05, 0) is 35.4 Å². The molecular formula is C22H16F2N2+2. The summed E-state index contributed by atoms with van der Waals surface area (Å²) in [7, 11) is 0. The molecule has 2 heterocycles. The summed E-state index contributed by atoms with van der Waals surface area (Å²) in [4.78, 5) is 0. The van der Waals surface area contributed by atoms with E-state index in [1.54, 1.807) is 24.3 Å². The Labute approximate surface area is 150 Å². The fraction of sp³-hybridized carbons (Fsp3) is 0. The number of halogens is 2. The minimum absolute atomic E-state index is 0.246. The molecule has 4 rings (SSSR count). The van der Waals surface area contributed by atoms with Crippen molar-refractivity contribution in [3.63, 3.8) is 0 Å². The van der Waals surface area contributed by atoms with Gasteiger partial charge in [0, 0.05) is 48.5 Å². The van der Waals surface area contributed by atoms with Crippen molar-refractivity contribution < 1.29 is 17.9 Å². The van der Waals surface area contributed by atoms with Crippen molar-refractivity contribution in [2.75, 3.05) is 0 Å². The zero-order valence-corrected chi connectivity index (χ0v) is 13.9. The molecule has 0 aliphatic carbocycles. The van der Waals surface area contributed by atoms with Crippen molar-refractivity contribution in [1.82, 2.24) is 0 Å². The van der Waals surface area contributed by atoms with E-state index < -0.39 is 0 Å². The molecule has 0 aliphatic rings. The van der Waals surface area contributed by atoms with Crippen molar-refractivity contribution in [1.29, 1.82) is 0 Å². The molecule has 2 aromatic carbocycles. The van der Waals surface area contributed by atoms with E-state index in [-0.39, 0.29) is 11.6 Å². The van der Waals surface area contributed by atoms with E-state index in [9.17, 15) is 8.78 Å². The molecule has 0 saturated carbocycles. The van der Waals surface area contributed by atoms with Crippen LogP contribution in [0.25, 0.3) is 22.5 Å².